The van der Waals surface area contributed by atoms with Crippen LogP contribution in [0.1, 0.15) is 32.8 Å². The molecular formula is C16H23NY-2. The first kappa shape index (κ1) is 18.0. The third kappa shape index (κ3) is 4.61. The summed E-state index contributed by atoms with van der Waals surface area (Å²) in [6, 6.07) is 11.6. The predicted molar refractivity (Wildman–Crippen MR) is 75.6 cm³/mol. The van der Waals surface area contributed by atoms with Gasteiger partial charge in [-0.3, -0.25) is 4.90 Å². The first-order valence-corrected chi connectivity index (χ1v) is 5.98. The van der Waals surface area contributed by atoms with Gasteiger partial charge in [0.2, 0.25) is 0 Å². The minimum absolute atomic E-state index is 0. The smallest absolute Gasteiger partial charge is 0.0127 e. The molecule has 0 aromatic heterocycles. The van der Waals surface area contributed by atoms with Crippen LogP contribution in [0.2, 0.25) is 0 Å². The van der Waals surface area contributed by atoms with Crippen LogP contribution in [0, 0.1) is 13.5 Å². The monoisotopic (exact) mass is 318 g/mol. The van der Waals surface area contributed by atoms with E-state index in [9.17, 15) is 0 Å². The van der Waals surface area contributed by atoms with Crippen molar-refractivity contribution in [2.75, 3.05) is 13.1 Å². The van der Waals surface area contributed by atoms with Crippen molar-refractivity contribution in [2.24, 2.45) is 0 Å². The van der Waals surface area contributed by atoms with Gasteiger partial charge in [0.1, 0.15) is 0 Å². The average Bonchev–Trinajstić information content (AvgIpc) is 2.29. The minimum Gasteiger partial charge on any atom is -0.358 e. The molecule has 1 aromatic carbocycles. The van der Waals surface area contributed by atoms with E-state index >= 15 is 0 Å². The molecule has 18 heavy (non-hydrogen) atoms. The first-order chi connectivity index (χ1) is 7.57. The predicted octanol–water partition coefficient (Wildman–Crippen LogP) is 3.82. The molecule has 0 spiro atoms. The van der Waals surface area contributed by atoms with Gasteiger partial charge in [-0.15, -0.1) is 47.5 Å². The summed E-state index contributed by atoms with van der Waals surface area (Å²) < 4.78 is 0. The van der Waals surface area contributed by atoms with Crippen molar-refractivity contribution in [1.82, 2.24) is 4.90 Å². The second-order valence-corrected chi connectivity index (χ2v) is 5.37. The minimum atomic E-state index is 0. The van der Waals surface area contributed by atoms with Crippen LogP contribution in [0.4, 0.5) is 0 Å². The molecule has 0 amide bonds. The molecule has 1 radical (unpaired) electrons. The van der Waals surface area contributed by atoms with Gasteiger partial charge in [-0.05, 0) is 33.7 Å². The fourth-order valence-corrected chi connectivity index (χ4v) is 2.12. The summed E-state index contributed by atoms with van der Waals surface area (Å²) in [6.07, 6.45) is 3.48. The van der Waals surface area contributed by atoms with Crippen LogP contribution >= 0.6 is 0 Å². The summed E-state index contributed by atoms with van der Waals surface area (Å²) in [4.78, 5) is 2.51. The SMILES string of the molecule is CC(C)(C)N1CC=C(c2[c-]cccc2)CC1.[CH3-].[Y]. The Labute approximate surface area is 138 Å². The molecule has 1 aliphatic rings. The molecule has 0 aliphatic carbocycles. The van der Waals surface area contributed by atoms with Crippen LogP contribution in [-0.2, 0) is 32.7 Å². The molecule has 0 bridgehead atoms. The van der Waals surface area contributed by atoms with E-state index in [4.69, 9.17) is 0 Å². The van der Waals surface area contributed by atoms with Crippen LogP contribution < -0.4 is 0 Å². The Morgan fingerprint density at radius 1 is 1.22 bits per heavy atom. The van der Waals surface area contributed by atoms with Crippen molar-refractivity contribution in [3.63, 3.8) is 0 Å². The summed E-state index contributed by atoms with van der Waals surface area (Å²) in [5, 5.41) is 0. The van der Waals surface area contributed by atoms with Gasteiger partial charge in [0.05, 0.1) is 0 Å². The van der Waals surface area contributed by atoms with Crippen molar-refractivity contribution >= 4 is 5.57 Å². The molecule has 0 unspecified atom stereocenters. The van der Waals surface area contributed by atoms with Crippen LogP contribution in [-0.4, -0.2) is 23.5 Å². The van der Waals surface area contributed by atoms with Gasteiger partial charge in [0.25, 0.3) is 0 Å². The number of benzene rings is 1. The Morgan fingerprint density at radius 2 is 1.94 bits per heavy atom. The van der Waals surface area contributed by atoms with Gasteiger partial charge in [0, 0.05) is 44.8 Å². The van der Waals surface area contributed by atoms with Crippen molar-refractivity contribution in [3.05, 3.63) is 49.4 Å². The molecule has 0 atom stereocenters. The normalized spacial score (nSPS) is 16.3. The number of nitrogens with zero attached hydrogens (tertiary/aromatic N) is 1. The zero-order valence-corrected chi connectivity index (χ0v) is 14.9. The van der Waals surface area contributed by atoms with E-state index in [0.29, 0.717) is 0 Å². The second-order valence-electron chi connectivity index (χ2n) is 5.37. The Bertz CT molecular complexity index is 376. The fraction of sp³-hybridized carbons (Fsp3) is 0.438. The Balaban J connectivity index is 0.00000144. The molecule has 2 rings (SSSR count). The van der Waals surface area contributed by atoms with Gasteiger partial charge < -0.3 is 7.43 Å². The standard InChI is InChI=1S/C15H20N.CH3.Y/c1-15(2,3)16-11-9-14(10-12-16)13-7-5-4-6-8-13;;/h4-7,9H,10-12H2,1-3H3;1H3;/q2*-1;. The molecule has 0 saturated carbocycles. The summed E-state index contributed by atoms with van der Waals surface area (Å²) >= 11 is 0. The third-order valence-corrected chi connectivity index (χ3v) is 3.21. The van der Waals surface area contributed by atoms with E-state index in [2.05, 4.69) is 49.9 Å². The quantitative estimate of drug-likeness (QED) is 0.712. The average molecular weight is 318 g/mol. The Kier molecular flexibility index (Phi) is 7.58. The Morgan fingerprint density at radius 3 is 2.39 bits per heavy atom. The van der Waals surface area contributed by atoms with Gasteiger partial charge in [-0.25, -0.2) is 0 Å². The van der Waals surface area contributed by atoms with Crippen molar-refractivity contribution in [1.29, 1.82) is 0 Å². The molecule has 97 valence electrons. The van der Waals surface area contributed by atoms with Crippen LogP contribution in [0.25, 0.3) is 5.57 Å². The third-order valence-electron chi connectivity index (χ3n) is 3.21. The van der Waals surface area contributed by atoms with Crippen molar-refractivity contribution in [3.8, 4) is 0 Å². The maximum atomic E-state index is 3.30. The van der Waals surface area contributed by atoms with Gasteiger partial charge in [0.15, 0.2) is 0 Å². The number of rotatable bonds is 1. The molecule has 0 saturated heterocycles. The van der Waals surface area contributed by atoms with E-state index < -0.39 is 0 Å². The summed E-state index contributed by atoms with van der Waals surface area (Å²) in [6.45, 7) is 9.04. The molecule has 0 N–H and O–H groups in total. The van der Waals surface area contributed by atoms with E-state index in [0.717, 1.165) is 19.5 Å². The maximum absolute atomic E-state index is 3.30. The molecule has 1 aromatic rings. The van der Waals surface area contributed by atoms with E-state index in [1.807, 2.05) is 12.1 Å². The topological polar surface area (TPSA) is 3.24 Å². The van der Waals surface area contributed by atoms with Gasteiger partial charge >= 0.3 is 0 Å². The van der Waals surface area contributed by atoms with Crippen LogP contribution in [0.15, 0.2) is 30.3 Å². The largest absolute Gasteiger partial charge is 0.358 e. The van der Waals surface area contributed by atoms with Crippen molar-refractivity contribution in [2.45, 2.75) is 32.7 Å². The summed E-state index contributed by atoms with van der Waals surface area (Å²) in [7, 11) is 0. The maximum Gasteiger partial charge on any atom is 0.0127 e. The second kappa shape index (κ2) is 7.57. The summed E-state index contributed by atoms with van der Waals surface area (Å²) in [5.74, 6) is 0. The molecule has 1 aliphatic heterocycles. The molecular weight excluding hydrogens is 295 g/mol. The van der Waals surface area contributed by atoms with E-state index in [-0.39, 0.29) is 45.7 Å². The van der Waals surface area contributed by atoms with Crippen LogP contribution in [0.5, 0.6) is 0 Å². The summed E-state index contributed by atoms with van der Waals surface area (Å²) in [5.41, 5.74) is 2.99. The van der Waals surface area contributed by atoms with E-state index in [1.165, 1.54) is 11.1 Å². The Hall–Kier alpha value is 0.0239. The number of hydrogen-bond acceptors (Lipinski definition) is 1. The molecule has 0 fully saturated rings. The molecule has 1 nitrogen and oxygen atoms in total. The fourth-order valence-electron chi connectivity index (χ4n) is 2.12. The first-order valence-electron chi connectivity index (χ1n) is 5.98. The molecule has 2 heteroatoms. The van der Waals surface area contributed by atoms with Gasteiger partial charge in [-0.1, -0.05) is 0 Å². The van der Waals surface area contributed by atoms with Crippen LogP contribution in [0.3, 0.4) is 0 Å². The van der Waals surface area contributed by atoms with E-state index in [1.54, 1.807) is 0 Å². The van der Waals surface area contributed by atoms with Gasteiger partial charge in [-0.2, -0.15) is 0 Å². The van der Waals surface area contributed by atoms with Crippen molar-refractivity contribution < 1.29 is 32.7 Å². The zero-order chi connectivity index (χ0) is 11.6. The zero-order valence-electron chi connectivity index (χ0n) is 12.0. The molecule has 1 heterocycles. The number of hydrogen-bond donors (Lipinski definition) is 0.